The average molecular weight is 802 g/mol. The smallest absolute Gasteiger partial charge is 0.397 e. The highest BCUT2D eigenvalue weighted by atomic mass is 32.3. The van der Waals surface area contributed by atoms with E-state index in [1.54, 1.807) is 0 Å². The molecule has 0 radical (unpaired) electrons. The Kier molecular flexibility index (Phi) is 14.2. The number of nitrogens with zero attached hydrogens (tertiary/aromatic N) is 1. The summed E-state index contributed by atoms with van der Waals surface area (Å²) in [6, 6.07) is 3.31. The first kappa shape index (κ1) is 42.9. The van der Waals surface area contributed by atoms with Crippen molar-refractivity contribution in [3.05, 3.63) is 48.0 Å². The van der Waals surface area contributed by atoms with E-state index in [1.807, 2.05) is 0 Å². The monoisotopic (exact) mass is 801 g/mol. The average Bonchev–Trinajstić information content (AvgIpc) is 3.32. The SMILES string of the molecule is C=CCO[C@@H]1O[C@@H](COC(C)=O)[C@@H](OC(C)=O)[C@@H](O[C@@H]2O[C@H](COC(C)=O)[C@@H](OC(C)=O)[C@H](OS(=O)(=O)O)[C@H]2N2C(=O)c3ccccc3C2=O)[C@@H]1OC(C)=O. The number of ether oxygens (including phenoxy) is 9. The van der Waals surface area contributed by atoms with E-state index in [0.717, 1.165) is 34.6 Å². The number of amides is 2. The van der Waals surface area contributed by atoms with Crippen LogP contribution in [0.4, 0.5) is 0 Å². The Hall–Kier alpha value is -4.84. The fraction of sp³-hybridized carbons (Fsp3) is 0.545. The maximum atomic E-state index is 14.0. The standard InChI is InChI=1S/C33H39NO20S/c1-7-12-45-33-29(50-19(6)39)28(26(49-18(5)38)23(52-33)14-47-16(3)36)53-32-24(34-30(40)20-10-8-9-11-21(20)31(34)41)27(54-55(42,43)44)25(48-17(4)37)22(51-32)13-46-15(2)35/h7-11,22-29,32-33H,1,12-14H2,2-6H3,(H,42,43,44)/t22-,23+,24-,25-,26-,27-,28-,29+,32+,33-/m1/s1. The van der Waals surface area contributed by atoms with Gasteiger partial charge >= 0.3 is 40.2 Å². The normalized spacial score (nSPS) is 29.1. The zero-order chi connectivity index (χ0) is 40.8. The van der Waals surface area contributed by atoms with Crippen LogP contribution >= 0.6 is 0 Å². The number of rotatable bonds is 15. The van der Waals surface area contributed by atoms with Gasteiger partial charge in [0.05, 0.1) is 17.7 Å². The van der Waals surface area contributed by atoms with E-state index in [2.05, 4.69) is 6.58 Å². The van der Waals surface area contributed by atoms with Crippen molar-refractivity contribution in [1.82, 2.24) is 4.90 Å². The number of carbonyl (C=O) groups is 7. The second-order valence-corrected chi connectivity index (χ2v) is 13.2. The number of benzene rings is 1. The fourth-order valence-electron chi connectivity index (χ4n) is 6.14. The van der Waals surface area contributed by atoms with Gasteiger partial charge in [-0.15, -0.1) is 6.58 Å². The molecule has 0 unspecified atom stereocenters. The molecule has 1 N–H and O–H groups in total. The van der Waals surface area contributed by atoms with E-state index in [0.29, 0.717) is 4.90 Å². The second kappa shape index (κ2) is 18.2. The van der Waals surface area contributed by atoms with Crippen LogP contribution in [-0.4, -0.2) is 141 Å². The Morgan fingerprint density at radius 1 is 0.727 bits per heavy atom. The lowest BCUT2D eigenvalue weighted by molar-refractivity contribution is -0.350. The Morgan fingerprint density at radius 2 is 1.18 bits per heavy atom. The largest absolute Gasteiger partial charge is 0.463 e. The first-order valence-electron chi connectivity index (χ1n) is 16.4. The Balaban J connectivity index is 1.97. The summed E-state index contributed by atoms with van der Waals surface area (Å²) >= 11 is 0. The molecular weight excluding hydrogens is 762 g/mol. The minimum absolute atomic E-state index is 0.163. The number of carbonyl (C=O) groups excluding carboxylic acids is 7. The van der Waals surface area contributed by atoms with E-state index in [9.17, 15) is 46.5 Å². The van der Waals surface area contributed by atoms with Crippen molar-refractivity contribution in [2.24, 2.45) is 0 Å². The zero-order valence-corrected chi connectivity index (χ0v) is 30.9. The molecule has 10 atom stereocenters. The van der Waals surface area contributed by atoms with Crippen molar-refractivity contribution >= 4 is 52.1 Å². The van der Waals surface area contributed by atoms with Crippen molar-refractivity contribution in [3.63, 3.8) is 0 Å². The van der Waals surface area contributed by atoms with Crippen molar-refractivity contribution in [1.29, 1.82) is 0 Å². The molecule has 55 heavy (non-hydrogen) atoms. The van der Waals surface area contributed by atoms with Gasteiger partial charge in [-0.3, -0.25) is 43.0 Å². The minimum Gasteiger partial charge on any atom is -0.463 e. The molecule has 0 aromatic heterocycles. The van der Waals surface area contributed by atoms with Crippen molar-refractivity contribution in [2.45, 2.75) is 96.0 Å². The molecule has 0 spiro atoms. The first-order chi connectivity index (χ1) is 25.8. The molecule has 21 nitrogen and oxygen atoms in total. The molecule has 0 bridgehead atoms. The van der Waals surface area contributed by atoms with Gasteiger partial charge in [0.2, 0.25) is 0 Å². The predicted octanol–water partition coefficient (Wildman–Crippen LogP) is -0.202. The summed E-state index contributed by atoms with van der Waals surface area (Å²) in [4.78, 5) is 89.7. The van der Waals surface area contributed by atoms with Gasteiger partial charge in [0, 0.05) is 34.6 Å². The van der Waals surface area contributed by atoms with Gasteiger partial charge in [0.15, 0.2) is 30.9 Å². The van der Waals surface area contributed by atoms with E-state index in [1.165, 1.54) is 30.3 Å². The molecule has 0 aliphatic carbocycles. The van der Waals surface area contributed by atoms with Crippen LogP contribution in [0.15, 0.2) is 36.9 Å². The number of fused-ring (bicyclic) bond motifs is 1. The fourth-order valence-corrected chi connectivity index (χ4v) is 6.65. The quantitative estimate of drug-likeness (QED) is 0.0791. The van der Waals surface area contributed by atoms with Gasteiger partial charge in [0.25, 0.3) is 11.8 Å². The van der Waals surface area contributed by atoms with E-state index >= 15 is 0 Å². The molecule has 0 saturated carbocycles. The molecule has 2 saturated heterocycles. The lowest BCUT2D eigenvalue weighted by Crippen LogP contribution is -2.70. The summed E-state index contributed by atoms with van der Waals surface area (Å²) in [5, 5.41) is 0. The Bertz CT molecular complexity index is 1750. The van der Waals surface area contributed by atoms with Gasteiger partial charge in [-0.1, -0.05) is 18.2 Å². The van der Waals surface area contributed by atoms with Gasteiger partial charge in [0.1, 0.15) is 43.7 Å². The van der Waals surface area contributed by atoms with Crippen LogP contribution in [0.25, 0.3) is 0 Å². The summed E-state index contributed by atoms with van der Waals surface area (Å²) in [6.45, 7) is 6.90. The summed E-state index contributed by atoms with van der Waals surface area (Å²) in [6.07, 6.45) is -15.1. The topological polar surface area (TPSA) is 269 Å². The molecule has 1 aromatic carbocycles. The summed E-state index contributed by atoms with van der Waals surface area (Å²) in [5.74, 6) is -6.76. The van der Waals surface area contributed by atoms with Crippen LogP contribution in [0.2, 0.25) is 0 Å². The van der Waals surface area contributed by atoms with Crippen LogP contribution in [0.5, 0.6) is 0 Å². The Labute approximate surface area is 313 Å². The van der Waals surface area contributed by atoms with Crippen molar-refractivity contribution in [2.75, 3.05) is 19.8 Å². The number of imide groups is 1. The van der Waals surface area contributed by atoms with E-state index in [-0.39, 0.29) is 17.7 Å². The Morgan fingerprint density at radius 3 is 1.62 bits per heavy atom. The second-order valence-electron chi connectivity index (χ2n) is 12.1. The molecule has 3 aliphatic rings. The maximum absolute atomic E-state index is 14.0. The van der Waals surface area contributed by atoms with Crippen LogP contribution in [0, 0.1) is 0 Å². The van der Waals surface area contributed by atoms with E-state index in [4.69, 9.17) is 46.8 Å². The summed E-state index contributed by atoms with van der Waals surface area (Å²) in [5.41, 5.74) is -0.326. The molecule has 4 rings (SSSR count). The van der Waals surface area contributed by atoms with Crippen LogP contribution in [0.1, 0.15) is 55.3 Å². The van der Waals surface area contributed by atoms with Crippen LogP contribution < -0.4 is 0 Å². The highest BCUT2D eigenvalue weighted by Gasteiger charge is 2.60. The summed E-state index contributed by atoms with van der Waals surface area (Å²) < 4.78 is 90.7. The van der Waals surface area contributed by atoms with Gasteiger partial charge in [-0.25, -0.2) is 4.18 Å². The van der Waals surface area contributed by atoms with E-state index < -0.39 is 127 Å². The molecule has 3 aliphatic heterocycles. The predicted molar refractivity (Wildman–Crippen MR) is 175 cm³/mol. The first-order valence-corrected chi connectivity index (χ1v) is 17.8. The highest BCUT2D eigenvalue weighted by molar-refractivity contribution is 7.80. The maximum Gasteiger partial charge on any atom is 0.397 e. The number of esters is 5. The molecule has 3 heterocycles. The molecule has 2 amide bonds. The minimum atomic E-state index is -5.56. The van der Waals surface area contributed by atoms with Crippen LogP contribution in [-0.2, 0) is 81.2 Å². The molecule has 2 fully saturated rings. The molecule has 1 aromatic rings. The van der Waals surface area contributed by atoms with Crippen molar-refractivity contribution < 1.29 is 93.3 Å². The third-order valence-corrected chi connectivity index (χ3v) is 8.51. The third-order valence-electron chi connectivity index (χ3n) is 8.04. The van der Waals surface area contributed by atoms with Crippen molar-refractivity contribution in [3.8, 4) is 0 Å². The number of hydrogen-bond acceptors (Lipinski definition) is 19. The number of hydrogen-bond donors (Lipinski definition) is 1. The molecular formula is C33H39NO20S. The van der Waals surface area contributed by atoms with Gasteiger partial charge in [-0.2, -0.15) is 8.42 Å². The van der Waals surface area contributed by atoms with Gasteiger partial charge in [-0.05, 0) is 12.1 Å². The molecule has 22 heteroatoms. The van der Waals surface area contributed by atoms with Crippen LogP contribution in [0.3, 0.4) is 0 Å². The lowest BCUT2D eigenvalue weighted by atomic mass is 9.94. The van der Waals surface area contributed by atoms with Gasteiger partial charge < -0.3 is 42.6 Å². The molecule has 302 valence electrons. The third kappa shape index (κ3) is 10.7. The lowest BCUT2D eigenvalue weighted by Gasteiger charge is -2.50. The highest BCUT2D eigenvalue weighted by Crippen LogP contribution is 2.39. The summed E-state index contributed by atoms with van der Waals surface area (Å²) in [7, 11) is -5.56. The zero-order valence-electron chi connectivity index (χ0n) is 30.0.